The van der Waals surface area contributed by atoms with Crippen molar-refractivity contribution in [3.63, 3.8) is 0 Å². The Morgan fingerprint density at radius 2 is 2.15 bits per heavy atom. The van der Waals surface area contributed by atoms with Crippen LogP contribution in [0.5, 0.6) is 0 Å². The van der Waals surface area contributed by atoms with E-state index in [4.69, 9.17) is 17.3 Å². The largest absolute Gasteiger partial charge is 0.371 e. The fourth-order valence-corrected chi connectivity index (χ4v) is 2.84. The monoisotopic (exact) mass is 295 g/mol. The summed E-state index contributed by atoms with van der Waals surface area (Å²) in [4.78, 5) is 13.3. The predicted octanol–water partition coefficient (Wildman–Crippen LogP) is 2.15. The van der Waals surface area contributed by atoms with Gasteiger partial charge in [-0.1, -0.05) is 17.7 Å². The van der Waals surface area contributed by atoms with Gasteiger partial charge in [0.2, 0.25) is 5.91 Å². The summed E-state index contributed by atoms with van der Waals surface area (Å²) >= 11 is 6.09. The van der Waals surface area contributed by atoms with Crippen LogP contribution in [0.25, 0.3) is 0 Å². The number of benzene rings is 1. The quantitative estimate of drug-likeness (QED) is 0.895. The molecular formula is C15H22ClN3O. The highest BCUT2D eigenvalue weighted by Crippen LogP contribution is 2.28. The summed E-state index contributed by atoms with van der Waals surface area (Å²) in [6, 6.07) is 5.88. The molecule has 0 saturated carbocycles. The van der Waals surface area contributed by atoms with Crippen molar-refractivity contribution >= 4 is 23.2 Å². The zero-order valence-electron chi connectivity index (χ0n) is 11.9. The Morgan fingerprint density at radius 1 is 1.45 bits per heavy atom. The highest BCUT2D eigenvalue weighted by molar-refractivity contribution is 6.30. The van der Waals surface area contributed by atoms with Gasteiger partial charge in [0.25, 0.3) is 0 Å². The normalized spacial score (nSPS) is 16.2. The van der Waals surface area contributed by atoms with Crippen molar-refractivity contribution in [3.05, 3.63) is 28.8 Å². The number of amides is 1. The number of carbonyl (C=O) groups is 1. The van der Waals surface area contributed by atoms with Crippen LogP contribution in [0.1, 0.15) is 25.3 Å². The molecule has 1 aromatic rings. The summed E-state index contributed by atoms with van der Waals surface area (Å²) in [7, 11) is 0. The minimum absolute atomic E-state index is 0.0488. The Kier molecular flexibility index (Phi) is 5.26. The number of hydrogen-bond donors (Lipinski definition) is 2. The predicted molar refractivity (Wildman–Crippen MR) is 83.0 cm³/mol. The van der Waals surface area contributed by atoms with Crippen LogP contribution in [0, 0.1) is 5.92 Å². The molecule has 1 fully saturated rings. The van der Waals surface area contributed by atoms with Crippen molar-refractivity contribution in [3.8, 4) is 0 Å². The molecule has 1 heterocycles. The molecule has 0 aliphatic carbocycles. The van der Waals surface area contributed by atoms with E-state index in [1.165, 1.54) is 0 Å². The third-order valence-electron chi connectivity index (χ3n) is 3.86. The van der Waals surface area contributed by atoms with Crippen LogP contribution in [0.3, 0.4) is 0 Å². The summed E-state index contributed by atoms with van der Waals surface area (Å²) in [6.07, 6.45) is 2.16. The molecule has 0 aromatic heterocycles. The molecule has 1 saturated heterocycles. The van der Waals surface area contributed by atoms with Gasteiger partial charge in [-0.25, -0.2) is 0 Å². The Morgan fingerprint density at radius 3 is 2.75 bits per heavy atom. The van der Waals surface area contributed by atoms with E-state index < -0.39 is 0 Å². The number of nitrogens with one attached hydrogen (secondary N) is 1. The average Bonchev–Trinajstić information content (AvgIpc) is 2.45. The topological polar surface area (TPSA) is 58.4 Å². The summed E-state index contributed by atoms with van der Waals surface area (Å²) in [6.45, 7) is 4.84. The molecule has 4 nitrogen and oxygen atoms in total. The van der Waals surface area contributed by atoms with Crippen LogP contribution in [0.2, 0.25) is 5.02 Å². The SMILES string of the molecule is CC(=O)NCC1CCN(c2cc(Cl)ccc2CN)CC1. The van der Waals surface area contributed by atoms with Gasteiger partial charge in [-0.15, -0.1) is 0 Å². The summed E-state index contributed by atoms with van der Waals surface area (Å²) in [5, 5.41) is 3.65. The van der Waals surface area contributed by atoms with E-state index in [0.717, 1.165) is 48.7 Å². The first-order chi connectivity index (χ1) is 9.60. The van der Waals surface area contributed by atoms with E-state index in [1.54, 1.807) is 6.92 Å². The second-order valence-corrected chi connectivity index (χ2v) is 5.78. The van der Waals surface area contributed by atoms with Crippen molar-refractivity contribution in [2.45, 2.75) is 26.3 Å². The molecular weight excluding hydrogens is 274 g/mol. The van der Waals surface area contributed by atoms with Crippen LogP contribution in [-0.2, 0) is 11.3 Å². The molecule has 1 aromatic carbocycles. The van der Waals surface area contributed by atoms with E-state index in [9.17, 15) is 4.79 Å². The number of nitrogens with zero attached hydrogens (tertiary/aromatic N) is 1. The molecule has 0 atom stereocenters. The van der Waals surface area contributed by atoms with Crippen LogP contribution < -0.4 is 16.0 Å². The second kappa shape index (κ2) is 6.95. The first-order valence-electron chi connectivity index (χ1n) is 7.08. The lowest BCUT2D eigenvalue weighted by molar-refractivity contribution is -0.119. The van der Waals surface area contributed by atoms with E-state index in [2.05, 4.69) is 10.2 Å². The van der Waals surface area contributed by atoms with Gasteiger partial charge >= 0.3 is 0 Å². The third-order valence-corrected chi connectivity index (χ3v) is 4.10. The van der Waals surface area contributed by atoms with Crippen LogP contribution in [0.15, 0.2) is 18.2 Å². The molecule has 20 heavy (non-hydrogen) atoms. The minimum atomic E-state index is 0.0488. The second-order valence-electron chi connectivity index (χ2n) is 5.34. The smallest absolute Gasteiger partial charge is 0.216 e. The number of rotatable bonds is 4. The Hall–Kier alpha value is -1.26. The van der Waals surface area contributed by atoms with Gasteiger partial charge in [-0.3, -0.25) is 4.79 Å². The lowest BCUT2D eigenvalue weighted by Gasteiger charge is -2.34. The van der Waals surface area contributed by atoms with E-state index in [-0.39, 0.29) is 5.91 Å². The third kappa shape index (κ3) is 3.87. The van der Waals surface area contributed by atoms with Gasteiger partial charge in [-0.2, -0.15) is 0 Å². The van der Waals surface area contributed by atoms with Crippen molar-refractivity contribution in [1.82, 2.24) is 5.32 Å². The number of anilines is 1. The van der Waals surface area contributed by atoms with Gasteiger partial charge < -0.3 is 16.0 Å². The van der Waals surface area contributed by atoms with Crippen molar-refractivity contribution in [2.75, 3.05) is 24.5 Å². The number of hydrogen-bond acceptors (Lipinski definition) is 3. The minimum Gasteiger partial charge on any atom is -0.371 e. The van der Waals surface area contributed by atoms with E-state index in [0.29, 0.717) is 12.5 Å². The lowest BCUT2D eigenvalue weighted by Crippen LogP contribution is -2.38. The van der Waals surface area contributed by atoms with Crippen molar-refractivity contribution in [2.24, 2.45) is 11.7 Å². The highest BCUT2D eigenvalue weighted by Gasteiger charge is 2.21. The molecule has 1 aliphatic heterocycles. The Balaban J connectivity index is 1.96. The van der Waals surface area contributed by atoms with E-state index in [1.807, 2.05) is 18.2 Å². The van der Waals surface area contributed by atoms with E-state index >= 15 is 0 Å². The summed E-state index contributed by atoms with van der Waals surface area (Å²) < 4.78 is 0. The zero-order valence-corrected chi connectivity index (χ0v) is 12.6. The molecule has 0 bridgehead atoms. The van der Waals surface area contributed by atoms with Gasteiger partial charge in [0, 0.05) is 43.8 Å². The fourth-order valence-electron chi connectivity index (χ4n) is 2.67. The number of piperidine rings is 1. The van der Waals surface area contributed by atoms with Crippen LogP contribution in [0.4, 0.5) is 5.69 Å². The zero-order chi connectivity index (χ0) is 14.5. The average molecular weight is 296 g/mol. The Bertz CT molecular complexity index is 470. The molecule has 3 N–H and O–H groups in total. The summed E-state index contributed by atoms with van der Waals surface area (Å²) in [5.74, 6) is 0.614. The molecule has 110 valence electrons. The maximum Gasteiger partial charge on any atom is 0.216 e. The van der Waals surface area contributed by atoms with Crippen molar-refractivity contribution < 1.29 is 4.79 Å². The molecule has 0 spiro atoms. The maximum atomic E-state index is 10.9. The van der Waals surface area contributed by atoms with Gasteiger partial charge in [0.1, 0.15) is 0 Å². The van der Waals surface area contributed by atoms with Crippen LogP contribution in [-0.4, -0.2) is 25.5 Å². The molecule has 5 heteroatoms. The van der Waals surface area contributed by atoms with Gasteiger partial charge in [0.05, 0.1) is 0 Å². The number of nitrogens with two attached hydrogens (primary N) is 1. The molecule has 0 unspecified atom stereocenters. The number of carbonyl (C=O) groups excluding carboxylic acids is 1. The first kappa shape index (κ1) is 15.1. The highest BCUT2D eigenvalue weighted by atomic mass is 35.5. The maximum absolute atomic E-state index is 10.9. The fraction of sp³-hybridized carbons (Fsp3) is 0.533. The van der Waals surface area contributed by atoms with Gasteiger partial charge in [-0.05, 0) is 36.5 Å². The lowest BCUT2D eigenvalue weighted by atomic mass is 9.96. The Labute approximate surface area is 125 Å². The van der Waals surface area contributed by atoms with Crippen LogP contribution >= 0.6 is 11.6 Å². The summed E-state index contributed by atoms with van der Waals surface area (Å²) in [5.41, 5.74) is 8.08. The van der Waals surface area contributed by atoms with Crippen molar-refractivity contribution in [1.29, 1.82) is 0 Å². The molecule has 1 aliphatic rings. The molecule has 0 radical (unpaired) electrons. The molecule has 1 amide bonds. The molecule has 2 rings (SSSR count). The van der Waals surface area contributed by atoms with Gasteiger partial charge in [0.15, 0.2) is 0 Å². The standard InChI is InChI=1S/C15H22ClN3O/c1-11(20)18-10-12-4-6-19(7-5-12)15-8-14(16)3-2-13(15)9-17/h2-3,8,12H,4-7,9-10,17H2,1H3,(H,18,20). The number of halogens is 1. The first-order valence-corrected chi connectivity index (χ1v) is 7.46.